The Kier molecular flexibility index (Phi) is 5.52. The number of hydrogen-bond acceptors (Lipinski definition) is 6. The molecule has 0 atom stereocenters. The lowest BCUT2D eigenvalue weighted by Crippen LogP contribution is -2.14. The Morgan fingerprint density at radius 1 is 0.938 bits per heavy atom. The van der Waals surface area contributed by atoms with E-state index in [2.05, 4.69) is 14.8 Å². The average Bonchev–Trinajstić information content (AvgIpc) is 3.17. The molecule has 2 aromatic carbocycles. The molecule has 0 radical (unpaired) electrons. The van der Waals surface area contributed by atoms with Gasteiger partial charge in [-0.15, -0.1) is 0 Å². The minimum absolute atomic E-state index is 0.167. The second-order valence-electron chi connectivity index (χ2n) is 7.52. The van der Waals surface area contributed by atoms with Crippen molar-refractivity contribution in [1.82, 2.24) is 14.6 Å². The van der Waals surface area contributed by atoms with Crippen molar-refractivity contribution in [3.8, 4) is 22.6 Å². The molecular weight excluding hydrogens is 428 g/mol. The summed E-state index contributed by atoms with van der Waals surface area (Å²) in [5.41, 5.74) is 4.93. The fraction of sp³-hybridized carbons (Fsp3) is 0.217. The summed E-state index contributed by atoms with van der Waals surface area (Å²) in [7, 11) is -0.869. The van der Waals surface area contributed by atoms with Crippen LogP contribution in [-0.2, 0) is 10.0 Å². The predicted octanol–water partition coefficient (Wildman–Crippen LogP) is 4.14. The van der Waals surface area contributed by atoms with Gasteiger partial charge in [-0.1, -0.05) is 12.1 Å². The number of benzene rings is 2. The van der Waals surface area contributed by atoms with E-state index in [1.54, 1.807) is 48.0 Å². The second-order valence-corrected chi connectivity index (χ2v) is 9.17. The zero-order valence-corrected chi connectivity index (χ0v) is 19.3. The van der Waals surface area contributed by atoms with E-state index in [1.807, 2.05) is 26.0 Å². The second kappa shape index (κ2) is 8.16. The van der Waals surface area contributed by atoms with Gasteiger partial charge in [0.2, 0.25) is 0 Å². The first-order chi connectivity index (χ1) is 15.2. The summed E-state index contributed by atoms with van der Waals surface area (Å²) in [5, 5.41) is 4.42. The molecule has 0 aliphatic heterocycles. The molecule has 9 heteroatoms. The van der Waals surface area contributed by atoms with Crippen LogP contribution in [0.3, 0.4) is 0 Å². The molecule has 0 unspecified atom stereocenters. The monoisotopic (exact) mass is 452 g/mol. The average molecular weight is 453 g/mol. The minimum Gasteiger partial charge on any atom is -0.497 e. The third-order valence-electron chi connectivity index (χ3n) is 5.17. The van der Waals surface area contributed by atoms with Crippen molar-refractivity contribution in [1.29, 1.82) is 0 Å². The topological polar surface area (TPSA) is 94.8 Å². The van der Waals surface area contributed by atoms with Crippen LogP contribution in [0.25, 0.3) is 16.8 Å². The molecule has 4 aromatic rings. The molecule has 166 valence electrons. The summed E-state index contributed by atoms with van der Waals surface area (Å²) in [5.74, 6) is 0.964. The van der Waals surface area contributed by atoms with E-state index >= 15 is 0 Å². The van der Waals surface area contributed by atoms with Crippen LogP contribution in [0.15, 0.2) is 53.6 Å². The SMILES string of the molecule is COc1cc(NS(=O)(=O)c2cc(-c3cnn4c(C)cc(C)nc34)ccc2C)cc(OC)c1. The number of nitrogens with zero attached hydrogens (tertiary/aromatic N) is 3. The highest BCUT2D eigenvalue weighted by Gasteiger charge is 2.20. The number of hydrogen-bond donors (Lipinski definition) is 1. The van der Waals surface area contributed by atoms with Gasteiger partial charge in [0.15, 0.2) is 5.65 Å². The molecule has 4 rings (SSSR count). The van der Waals surface area contributed by atoms with Gasteiger partial charge in [0.25, 0.3) is 10.0 Å². The quantitative estimate of drug-likeness (QED) is 0.472. The van der Waals surface area contributed by atoms with Crippen molar-refractivity contribution in [3.05, 3.63) is 65.6 Å². The van der Waals surface area contributed by atoms with E-state index in [-0.39, 0.29) is 4.90 Å². The van der Waals surface area contributed by atoms with E-state index in [4.69, 9.17) is 9.47 Å². The molecule has 0 aliphatic rings. The summed E-state index contributed by atoms with van der Waals surface area (Å²) in [6.45, 7) is 5.63. The first-order valence-corrected chi connectivity index (χ1v) is 11.4. The normalized spacial score (nSPS) is 11.5. The van der Waals surface area contributed by atoms with Gasteiger partial charge in [-0.25, -0.2) is 17.9 Å². The number of rotatable bonds is 6. The van der Waals surface area contributed by atoms with Gasteiger partial charge in [0.1, 0.15) is 11.5 Å². The number of methoxy groups -OCH3 is 2. The molecule has 2 heterocycles. The first-order valence-electron chi connectivity index (χ1n) is 9.91. The van der Waals surface area contributed by atoms with Crippen LogP contribution < -0.4 is 14.2 Å². The van der Waals surface area contributed by atoms with Crippen molar-refractivity contribution >= 4 is 21.4 Å². The lowest BCUT2D eigenvalue weighted by molar-refractivity contribution is 0.395. The molecule has 1 N–H and O–H groups in total. The summed E-state index contributed by atoms with van der Waals surface area (Å²) in [4.78, 5) is 4.77. The van der Waals surface area contributed by atoms with E-state index in [1.165, 1.54) is 14.2 Å². The number of aryl methyl sites for hydroxylation is 3. The standard InChI is InChI=1S/C23H24N4O4S/c1-14-6-7-17(21-13-24-27-16(3)8-15(2)25-23(21)27)9-22(14)32(28,29)26-18-10-19(30-4)12-20(11-18)31-5/h6-13,26H,1-5H3. The van der Waals surface area contributed by atoms with Gasteiger partial charge in [0, 0.05) is 35.2 Å². The lowest BCUT2D eigenvalue weighted by atomic mass is 10.1. The molecule has 0 bridgehead atoms. The molecule has 2 aromatic heterocycles. The Morgan fingerprint density at radius 2 is 1.62 bits per heavy atom. The number of fused-ring (bicyclic) bond motifs is 1. The van der Waals surface area contributed by atoms with Crippen molar-refractivity contribution < 1.29 is 17.9 Å². The zero-order chi connectivity index (χ0) is 23.0. The van der Waals surface area contributed by atoms with Crippen LogP contribution in [-0.4, -0.2) is 37.2 Å². The van der Waals surface area contributed by atoms with Crippen molar-refractivity contribution in [3.63, 3.8) is 0 Å². The highest BCUT2D eigenvalue weighted by atomic mass is 32.2. The molecular formula is C23H24N4O4S. The smallest absolute Gasteiger partial charge is 0.262 e. The summed E-state index contributed by atoms with van der Waals surface area (Å²) < 4.78 is 41.4. The number of sulfonamides is 1. The number of ether oxygens (including phenoxy) is 2. The third-order valence-corrected chi connectivity index (χ3v) is 6.69. The molecule has 32 heavy (non-hydrogen) atoms. The van der Waals surface area contributed by atoms with Crippen LogP contribution in [0.5, 0.6) is 11.5 Å². The Morgan fingerprint density at radius 3 is 2.28 bits per heavy atom. The molecule has 0 amide bonds. The van der Waals surface area contributed by atoms with E-state index in [0.717, 1.165) is 17.0 Å². The maximum atomic E-state index is 13.3. The maximum absolute atomic E-state index is 13.3. The Hall–Kier alpha value is -3.59. The van der Waals surface area contributed by atoms with Gasteiger partial charge in [-0.2, -0.15) is 5.10 Å². The first kappa shape index (κ1) is 21.6. The zero-order valence-electron chi connectivity index (χ0n) is 18.5. The lowest BCUT2D eigenvalue weighted by Gasteiger charge is -2.14. The molecule has 0 spiro atoms. The number of anilines is 1. The fourth-order valence-corrected chi connectivity index (χ4v) is 4.92. The Labute approximate surface area is 186 Å². The van der Waals surface area contributed by atoms with Crippen LogP contribution in [0, 0.1) is 20.8 Å². The summed E-state index contributed by atoms with van der Waals surface area (Å²) >= 11 is 0. The fourth-order valence-electron chi connectivity index (χ4n) is 3.61. The summed E-state index contributed by atoms with van der Waals surface area (Å²) in [6, 6.07) is 12.1. The van der Waals surface area contributed by atoms with Gasteiger partial charge in [0.05, 0.1) is 31.0 Å². The van der Waals surface area contributed by atoms with Crippen molar-refractivity contribution in [2.45, 2.75) is 25.7 Å². The Bertz CT molecular complexity index is 1410. The van der Waals surface area contributed by atoms with Gasteiger partial charge >= 0.3 is 0 Å². The van der Waals surface area contributed by atoms with Gasteiger partial charge in [-0.3, -0.25) is 4.72 Å². The molecule has 0 aliphatic carbocycles. The van der Waals surface area contributed by atoms with Gasteiger partial charge < -0.3 is 9.47 Å². The largest absolute Gasteiger partial charge is 0.497 e. The highest BCUT2D eigenvalue weighted by Crippen LogP contribution is 2.31. The van der Waals surface area contributed by atoms with Gasteiger partial charge in [-0.05, 0) is 44.0 Å². The van der Waals surface area contributed by atoms with Crippen LogP contribution in [0.4, 0.5) is 5.69 Å². The van der Waals surface area contributed by atoms with Crippen molar-refractivity contribution in [2.75, 3.05) is 18.9 Å². The highest BCUT2D eigenvalue weighted by molar-refractivity contribution is 7.92. The predicted molar refractivity (Wildman–Crippen MR) is 123 cm³/mol. The third kappa shape index (κ3) is 3.99. The molecule has 0 saturated heterocycles. The van der Waals surface area contributed by atoms with Crippen LogP contribution in [0.2, 0.25) is 0 Å². The number of nitrogens with one attached hydrogen (secondary N) is 1. The Balaban J connectivity index is 1.78. The molecule has 0 fully saturated rings. The van der Waals surface area contributed by atoms with E-state index in [9.17, 15) is 8.42 Å². The van der Waals surface area contributed by atoms with E-state index < -0.39 is 10.0 Å². The van der Waals surface area contributed by atoms with Crippen LogP contribution >= 0.6 is 0 Å². The number of aromatic nitrogens is 3. The minimum atomic E-state index is -3.89. The molecule has 0 saturated carbocycles. The maximum Gasteiger partial charge on any atom is 0.262 e. The van der Waals surface area contributed by atoms with Crippen LogP contribution in [0.1, 0.15) is 17.0 Å². The summed E-state index contributed by atoms with van der Waals surface area (Å²) in [6.07, 6.45) is 1.70. The van der Waals surface area contributed by atoms with Crippen molar-refractivity contribution in [2.24, 2.45) is 0 Å². The molecule has 8 nitrogen and oxygen atoms in total. The van der Waals surface area contributed by atoms with E-state index in [0.29, 0.717) is 34.0 Å².